The van der Waals surface area contributed by atoms with E-state index in [0.29, 0.717) is 17.5 Å². The minimum Gasteiger partial charge on any atom is -0.489 e. The van der Waals surface area contributed by atoms with E-state index in [0.717, 1.165) is 18.8 Å². The molecular formula is C15H22ClN3O. The second-order valence-corrected chi connectivity index (χ2v) is 5.57. The number of aliphatic imine (C=N–C) groups is 1. The van der Waals surface area contributed by atoms with E-state index >= 15 is 0 Å². The third-order valence-electron chi connectivity index (χ3n) is 3.32. The molecule has 0 amide bonds. The number of guanidine groups is 1. The highest BCUT2D eigenvalue weighted by Gasteiger charge is 2.12. The molecule has 1 aromatic rings. The zero-order chi connectivity index (χ0) is 14.4. The van der Waals surface area contributed by atoms with Crippen LogP contribution in [0.2, 0.25) is 5.02 Å². The summed E-state index contributed by atoms with van der Waals surface area (Å²) in [6.45, 7) is 4.56. The van der Waals surface area contributed by atoms with Gasteiger partial charge in [0.05, 0.1) is 6.54 Å². The molecule has 1 aliphatic rings. The summed E-state index contributed by atoms with van der Waals surface area (Å²) < 4.78 is 5.77. The van der Waals surface area contributed by atoms with Gasteiger partial charge < -0.3 is 15.4 Å². The molecule has 1 unspecified atom stereocenters. The Morgan fingerprint density at radius 2 is 2.15 bits per heavy atom. The van der Waals surface area contributed by atoms with E-state index in [1.807, 2.05) is 25.1 Å². The third kappa shape index (κ3) is 4.60. The van der Waals surface area contributed by atoms with Crippen molar-refractivity contribution < 1.29 is 4.74 Å². The Hall–Kier alpha value is -1.42. The molecule has 4 nitrogen and oxygen atoms in total. The van der Waals surface area contributed by atoms with E-state index in [1.54, 1.807) is 6.07 Å². The van der Waals surface area contributed by atoms with Gasteiger partial charge in [0.15, 0.2) is 5.96 Å². The topological polar surface area (TPSA) is 50.8 Å². The van der Waals surface area contributed by atoms with Crippen LogP contribution >= 0.6 is 11.6 Å². The van der Waals surface area contributed by atoms with E-state index in [1.165, 1.54) is 19.3 Å². The van der Waals surface area contributed by atoms with Gasteiger partial charge >= 0.3 is 0 Å². The molecule has 2 rings (SSSR count). The standard InChI is InChI=1S/C15H22ClN3O/c1-12(20-14-7-5-6-13(16)10-14)11-18-15(17)19-8-3-2-4-9-19/h5-7,10,12H,2-4,8-9,11H2,1H3,(H2,17,18). The SMILES string of the molecule is CC(CN=C(N)N1CCCCC1)Oc1cccc(Cl)c1. The summed E-state index contributed by atoms with van der Waals surface area (Å²) in [5, 5.41) is 0.672. The molecule has 5 heteroatoms. The van der Waals surface area contributed by atoms with Crippen molar-refractivity contribution in [1.29, 1.82) is 0 Å². The number of benzene rings is 1. The van der Waals surface area contributed by atoms with Crippen molar-refractivity contribution in [3.63, 3.8) is 0 Å². The fourth-order valence-electron chi connectivity index (χ4n) is 2.25. The van der Waals surface area contributed by atoms with Gasteiger partial charge in [0.25, 0.3) is 0 Å². The first-order valence-corrected chi connectivity index (χ1v) is 7.50. The molecule has 1 fully saturated rings. The molecule has 1 aromatic carbocycles. The first-order valence-electron chi connectivity index (χ1n) is 7.12. The van der Waals surface area contributed by atoms with E-state index in [4.69, 9.17) is 22.1 Å². The zero-order valence-corrected chi connectivity index (χ0v) is 12.6. The van der Waals surface area contributed by atoms with Gasteiger partial charge in [0.2, 0.25) is 0 Å². The van der Waals surface area contributed by atoms with Gasteiger partial charge in [-0.2, -0.15) is 0 Å². The van der Waals surface area contributed by atoms with Gasteiger partial charge in [-0.1, -0.05) is 17.7 Å². The average Bonchev–Trinajstić information content (AvgIpc) is 2.46. The molecule has 1 heterocycles. The Kier molecular flexibility index (Phi) is 5.53. The largest absolute Gasteiger partial charge is 0.489 e. The lowest BCUT2D eigenvalue weighted by Gasteiger charge is -2.27. The minimum atomic E-state index is -0.0307. The van der Waals surface area contributed by atoms with Crippen LogP contribution in [0.3, 0.4) is 0 Å². The van der Waals surface area contributed by atoms with Crippen LogP contribution in [0, 0.1) is 0 Å². The number of hydrogen-bond acceptors (Lipinski definition) is 2. The first-order chi connectivity index (χ1) is 9.65. The first kappa shape index (κ1) is 15.0. The fourth-order valence-corrected chi connectivity index (χ4v) is 2.44. The Balaban J connectivity index is 1.83. The number of ether oxygens (including phenoxy) is 1. The molecule has 0 aromatic heterocycles. The number of piperidine rings is 1. The van der Waals surface area contributed by atoms with Crippen LogP contribution < -0.4 is 10.5 Å². The van der Waals surface area contributed by atoms with Crippen molar-refractivity contribution in [3.8, 4) is 5.75 Å². The summed E-state index contributed by atoms with van der Waals surface area (Å²) in [6, 6.07) is 7.39. The van der Waals surface area contributed by atoms with Crippen molar-refractivity contribution >= 4 is 17.6 Å². The predicted octanol–water partition coefficient (Wildman–Crippen LogP) is 2.91. The number of rotatable bonds is 4. The summed E-state index contributed by atoms with van der Waals surface area (Å²) in [4.78, 5) is 6.58. The maximum Gasteiger partial charge on any atom is 0.191 e. The third-order valence-corrected chi connectivity index (χ3v) is 3.56. The van der Waals surface area contributed by atoms with Crippen molar-refractivity contribution in [2.24, 2.45) is 10.7 Å². The van der Waals surface area contributed by atoms with Gasteiger partial charge in [-0.05, 0) is 44.4 Å². The highest BCUT2D eigenvalue weighted by Crippen LogP contribution is 2.18. The van der Waals surface area contributed by atoms with E-state index in [-0.39, 0.29) is 6.10 Å². The van der Waals surface area contributed by atoms with Gasteiger partial charge in [-0.25, -0.2) is 4.99 Å². The van der Waals surface area contributed by atoms with Crippen LogP contribution in [0.5, 0.6) is 5.75 Å². The summed E-state index contributed by atoms with van der Waals surface area (Å²) in [5.41, 5.74) is 6.01. The van der Waals surface area contributed by atoms with E-state index < -0.39 is 0 Å². The van der Waals surface area contributed by atoms with Crippen LogP contribution in [0.4, 0.5) is 0 Å². The van der Waals surface area contributed by atoms with Crippen LogP contribution in [0.25, 0.3) is 0 Å². The molecule has 0 bridgehead atoms. The molecule has 20 heavy (non-hydrogen) atoms. The van der Waals surface area contributed by atoms with E-state index in [2.05, 4.69) is 9.89 Å². The van der Waals surface area contributed by atoms with E-state index in [9.17, 15) is 0 Å². The summed E-state index contributed by atoms with van der Waals surface area (Å²) in [6.07, 6.45) is 3.66. The lowest BCUT2D eigenvalue weighted by molar-refractivity contribution is 0.229. The summed E-state index contributed by atoms with van der Waals surface area (Å²) in [5.74, 6) is 1.39. The number of nitrogens with two attached hydrogens (primary N) is 1. The van der Waals surface area contributed by atoms with Crippen molar-refractivity contribution in [1.82, 2.24) is 4.90 Å². The molecular weight excluding hydrogens is 274 g/mol. The molecule has 0 saturated carbocycles. The number of nitrogens with zero attached hydrogens (tertiary/aromatic N) is 2. The Labute approximate surface area is 125 Å². The quantitative estimate of drug-likeness (QED) is 0.686. The highest BCUT2D eigenvalue weighted by molar-refractivity contribution is 6.30. The monoisotopic (exact) mass is 295 g/mol. The molecule has 1 atom stereocenters. The van der Waals surface area contributed by atoms with Crippen molar-refractivity contribution in [2.45, 2.75) is 32.3 Å². The smallest absolute Gasteiger partial charge is 0.191 e. The van der Waals surface area contributed by atoms with Crippen LogP contribution in [0.1, 0.15) is 26.2 Å². The van der Waals surface area contributed by atoms with Gasteiger partial charge in [0.1, 0.15) is 11.9 Å². The predicted molar refractivity (Wildman–Crippen MR) is 83.5 cm³/mol. The second kappa shape index (κ2) is 7.39. The molecule has 2 N–H and O–H groups in total. The highest BCUT2D eigenvalue weighted by atomic mass is 35.5. The molecule has 110 valence electrons. The lowest BCUT2D eigenvalue weighted by Crippen LogP contribution is -2.41. The van der Waals surface area contributed by atoms with Crippen molar-refractivity contribution in [3.05, 3.63) is 29.3 Å². The Bertz CT molecular complexity index is 458. The number of halogens is 1. The number of hydrogen-bond donors (Lipinski definition) is 1. The minimum absolute atomic E-state index is 0.0307. The van der Waals surface area contributed by atoms with Gasteiger partial charge in [-0.3, -0.25) is 0 Å². The van der Waals surface area contributed by atoms with Crippen molar-refractivity contribution in [2.75, 3.05) is 19.6 Å². The maximum absolute atomic E-state index is 6.01. The van der Waals surface area contributed by atoms with Gasteiger partial charge in [0, 0.05) is 18.1 Å². The molecule has 0 spiro atoms. The Morgan fingerprint density at radius 3 is 2.85 bits per heavy atom. The van der Waals surface area contributed by atoms with Gasteiger partial charge in [-0.15, -0.1) is 0 Å². The lowest BCUT2D eigenvalue weighted by atomic mass is 10.1. The molecule has 1 saturated heterocycles. The maximum atomic E-state index is 6.01. The normalized spacial score (nSPS) is 17.9. The van der Waals surface area contributed by atoms with Crippen LogP contribution in [-0.4, -0.2) is 36.6 Å². The molecule has 1 aliphatic heterocycles. The van der Waals surface area contributed by atoms with Crippen LogP contribution in [-0.2, 0) is 0 Å². The second-order valence-electron chi connectivity index (χ2n) is 5.13. The number of likely N-dealkylation sites (tertiary alicyclic amines) is 1. The van der Waals surface area contributed by atoms with Crippen LogP contribution in [0.15, 0.2) is 29.3 Å². The average molecular weight is 296 g/mol. The summed E-state index contributed by atoms with van der Waals surface area (Å²) in [7, 11) is 0. The fraction of sp³-hybridized carbons (Fsp3) is 0.533. The molecule has 0 radical (unpaired) electrons. The Morgan fingerprint density at radius 1 is 1.40 bits per heavy atom. The summed E-state index contributed by atoms with van der Waals surface area (Å²) >= 11 is 5.92. The zero-order valence-electron chi connectivity index (χ0n) is 11.9. The molecule has 0 aliphatic carbocycles.